The number of rotatable bonds is 3. The van der Waals surface area contributed by atoms with E-state index in [2.05, 4.69) is 27.3 Å². The number of aromatic nitrogens is 3. The SMILES string of the molecule is CN1[C@@H]2CC[C@H]1C[C@H](NC(=O)c1cnn3c(O)cc(-c4ccccc4)nc13)C2. The summed E-state index contributed by atoms with van der Waals surface area (Å²) in [5, 5.41) is 17.7. The van der Waals surface area contributed by atoms with Crippen molar-refractivity contribution in [1.82, 2.24) is 24.8 Å². The Labute approximate surface area is 163 Å². The molecule has 2 N–H and O–H groups in total. The molecule has 2 aliphatic rings. The summed E-state index contributed by atoms with van der Waals surface area (Å²) in [5.41, 5.74) is 2.24. The van der Waals surface area contributed by atoms with Crippen molar-refractivity contribution in [3.8, 4) is 17.1 Å². The van der Waals surface area contributed by atoms with Crippen LogP contribution in [0.25, 0.3) is 16.9 Å². The van der Waals surface area contributed by atoms with Crippen LogP contribution >= 0.6 is 0 Å². The number of carbonyl (C=O) groups excluding carboxylic acids is 1. The first kappa shape index (κ1) is 17.2. The normalized spacial score (nSPS) is 24.5. The van der Waals surface area contributed by atoms with Gasteiger partial charge in [0.15, 0.2) is 5.65 Å². The predicted octanol–water partition coefficient (Wildman–Crippen LogP) is 2.46. The Kier molecular flexibility index (Phi) is 4.05. The monoisotopic (exact) mass is 377 g/mol. The van der Waals surface area contributed by atoms with E-state index in [0.717, 1.165) is 18.4 Å². The van der Waals surface area contributed by atoms with Crippen molar-refractivity contribution in [3.05, 3.63) is 48.2 Å². The van der Waals surface area contributed by atoms with Crippen LogP contribution in [0.15, 0.2) is 42.6 Å². The van der Waals surface area contributed by atoms with Crippen molar-refractivity contribution in [3.63, 3.8) is 0 Å². The van der Waals surface area contributed by atoms with Gasteiger partial charge in [0.05, 0.1) is 11.9 Å². The molecule has 0 spiro atoms. The van der Waals surface area contributed by atoms with Crippen molar-refractivity contribution < 1.29 is 9.90 Å². The highest BCUT2D eigenvalue weighted by Crippen LogP contribution is 2.34. The second-order valence-corrected chi connectivity index (χ2v) is 7.85. The highest BCUT2D eigenvalue weighted by atomic mass is 16.3. The van der Waals surface area contributed by atoms with Crippen LogP contribution in [-0.2, 0) is 0 Å². The number of hydrogen-bond acceptors (Lipinski definition) is 5. The summed E-state index contributed by atoms with van der Waals surface area (Å²) in [6.07, 6.45) is 5.85. The molecule has 2 aliphatic heterocycles. The van der Waals surface area contributed by atoms with Gasteiger partial charge in [-0.1, -0.05) is 30.3 Å². The Morgan fingerprint density at radius 3 is 2.61 bits per heavy atom. The summed E-state index contributed by atoms with van der Waals surface area (Å²) in [7, 11) is 2.18. The Morgan fingerprint density at radius 2 is 1.89 bits per heavy atom. The number of aromatic hydroxyl groups is 1. The molecule has 0 saturated carbocycles. The number of benzene rings is 1. The lowest BCUT2D eigenvalue weighted by Crippen LogP contribution is -2.48. The fraction of sp³-hybridized carbons (Fsp3) is 0.381. The second kappa shape index (κ2) is 6.60. The Bertz CT molecular complexity index is 1020. The van der Waals surface area contributed by atoms with Gasteiger partial charge in [0, 0.05) is 29.8 Å². The van der Waals surface area contributed by atoms with Crippen LogP contribution in [0.2, 0.25) is 0 Å². The maximum atomic E-state index is 13.0. The number of nitrogens with zero attached hydrogens (tertiary/aromatic N) is 4. The summed E-state index contributed by atoms with van der Waals surface area (Å²) >= 11 is 0. The minimum atomic E-state index is -0.180. The van der Waals surface area contributed by atoms with E-state index in [1.807, 2.05) is 30.3 Å². The maximum absolute atomic E-state index is 13.0. The van der Waals surface area contributed by atoms with E-state index in [4.69, 9.17) is 0 Å². The van der Waals surface area contributed by atoms with Gasteiger partial charge in [-0.3, -0.25) is 4.79 Å². The lowest BCUT2D eigenvalue weighted by Gasteiger charge is -2.36. The Balaban J connectivity index is 1.44. The average molecular weight is 377 g/mol. The van der Waals surface area contributed by atoms with Crippen molar-refractivity contribution in [2.45, 2.75) is 43.8 Å². The predicted molar refractivity (Wildman–Crippen MR) is 105 cm³/mol. The second-order valence-electron chi connectivity index (χ2n) is 7.85. The minimum absolute atomic E-state index is 0.0414. The molecule has 28 heavy (non-hydrogen) atoms. The van der Waals surface area contributed by atoms with Crippen molar-refractivity contribution in [1.29, 1.82) is 0 Å². The summed E-state index contributed by atoms with van der Waals surface area (Å²) in [4.78, 5) is 20.0. The molecule has 2 fully saturated rings. The molecule has 3 aromatic rings. The van der Waals surface area contributed by atoms with Crippen LogP contribution in [0.3, 0.4) is 0 Å². The van der Waals surface area contributed by atoms with E-state index in [9.17, 15) is 9.90 Å². The smallest absolute Gasteiger partial charge is 0.256 e. The standard InChI is InChI=1S/C21H23N5O2/c1-25-15-7-8-16(25)10-14(9-15)23-21(28)17-12-22-26-19(27)11-18(24-20(17)26)13-5-3-2-4-6-13/h2-6,11-12,14-16,27H,7-10H2,1H3,(H,23,28)/t14-,15-,16+. The number of carbonyl (C=O) groups is 1. The van der Waals surface area contributed by atoms with E-state index in [1.54, 1.807) is 6.07 Å². The quantitative estimate of drug-likeness (QED) is 0.733. The first-order valence-corrected chi connectivity index (χ1v) is 9.76. The molecule has 3 atom stereocenters. The molecular formula is C21H23N5O2. The van der Waals surface area contributed by atoms with Crippen LogP contribution in [0.1, 0.15) is 36.0 Å². The lowest BCUT2D eigenvalue weighted by molar-refractivity contribution is 0.0884. The highest BCUT2D eigenvalue weighted by molar-refractivity contribution is 6.00. The number of amides is 1. The van der Waals surface area contributed by atoms with Crippen LogP contribution < -0.4 is 5.32 Å². The molecular weight excluding hydrogens is 354 g/mol. The Morgan fingerprint density at radius 1 is 1.18 bits per heavy atom. The zero-order chi connectivity index (χ0) is 19.3. The van der Waals surface area contributed by atoms with Crippen LogP contribution in [0.4, 0.5) is 0 Å². The van der Waals surface area contributed by atoms with Gasteiger partial charge in [0.25, 0.3) is 5.91 Å². The molecule has 1 aromatic carbocycles. The fourth-order valence-electron chi connectivity index (χ4n) is 4.66. The van der Waals surface area contributed by atoms with Crippen LogP contribution in [0, 0.1) is 0 Å². The molecule has 0 radical (unpaired) electrons. The fourth-order valence-corrected chi connectivity index (χ4v) is 4.66. The molecule has 0 unspecified atom stereocenters. The van der Waals surface area contributed by atoms with E-state index in [1.165, 1.54) is 23.6 Å². The molecule has 4 heterocycles. The molecule has 0 aliphatic carbocycles. The first-order valence-electron chi connectivity index (χ1n) is 9.76. The maximum Gasteiger partial charge on any atom is 0.256 e. The number of fused-ring (bicyclic) bond motifs is 3. The first-order chi connectivity index (χ1) is 13.6. The molecule has 7 nitrogen and oxygen atoms in total. The zero-order valence-electron chi connectivity index (χ0n) is 15.7. The molecule has 144 valence electrons. The van der Waals surface area contributed by atoms with E-state index >= 15 is 0 Å². The van der Waals surface area contributed by atoms with Gasteiger partial charge in [-0.25, -0.2) is 4.98 Å². The molecule has 1 amide bonds. The largest absolute Gasteiger partial charge is 0.493 e. The van der Waals surface area contributed by atoms with Crippen molar-refractivity contribution >= 4 is 11.6 Å². The average Bonchev–Trinajstić information content (AvgIpc) is 3.20. The van der Waals surface area contributed by atoms with Gasteiger partial charge in [-0.2, -0.15) is 9.61 Å². The molecule has 2 bridgehead atoms. The van der Waals surface area contributed by atoms with Crippen LogP contribution in [-0.4, -0.2) is 55.7 Å². The molecule has 2 saturated heterocycles. The van der Waals surface area contributed by atoms with Gasteiger partial charge in [0.1, 0.15) is 5.56 Å². The summed E-state index contributed by atoms with van der Waals surface area (Å²) in [6.45, 7) is 0. The third-order valence-electron chi connectivity index (χ3n) is 6.20. The van der Waals surface area contributed by atoms with Crippen molar-refractivity contribution in [2.75, 3.05) is 7.05 Å². The van der Waals surface area contributed by atoms with E-state index < -0.39 is 0 Å². The van der Waals surface area contributed by atoms with Crippen molar-refractivity contribution in [2.24, 2.45) is 0 Å². The molecule has 2 aromatic heterocycles. The van der Waals surface area contributed by atoms with Gasteiger partial charge < -0.3 is 15.3 Å². The number of nitrogens with one attached hydrogen (secondary N) is 1. The highest BCUT2D eigenvalue weighted by Gasteiger charge is 2.39. The van der Waals surface area contributed by atoms with E-state index in [-0.39, 0.29) is 17.8 Å². The van der Waals surface area contributed by atoms with Gasteiger partial charge in [-0.15, -0.1) is 0 Å². The van der Waals surface area contributed by atoms with E-state index in [0.29, 0.717) is 29.0 Å². The molecule has 5 rings (SSSR count). The van der Waals surface area contributed by atoms with Gasteiger partial charge >= 0.3 is 0 Å². The van der Waals surface area contributed by atoms with Gasteiger partial charge in [0.2, 0.25) is 5.88 Å². The van der Waals surface area contributed by atoms with Crippen LogP contribution in [0.5, 0.6) is 5.88 Å². The summed E-state index contributed by atoms with van der Waals surface area (Å²) in [5.74, 6) is -0.221. The minimum Gasteiger partial charge on any atom is -0.493 e. The summed E-state index contributed by atoms with van der Waals surface area (Å²) in [6, 6.07) is 12.4. The lowest BCUT2D eigenvalue weighted by atomic mass is 9.98. The molecule has 7 heteroatoms. The van der Waals surface area contributed by atoms with Gasteiger partial charge in [-0.05, 0) is 32.7 Å². The number of hydrogen-bond donors (Lipinski definition) is 2. The third kappa shape index (κ3) is 2.82. The topological polar surface area (TPSA) is 82.8 Å². The summed E-state index contributed by atoms with van der Waals surface area (Å²) < 4.78 is 1.31. The third-order valence-corrected chi connectivity index (χ3v) is 6.20. The number of piperidine rings is 1. The Hall–Kier alpha value is -2.93. The zero-order valence-corrected chi connectivity index (χ0v) is 15.7.